The number of rotatable bonds is 22. The molecule has 0 fully saturated rings. The first-order chi connectivity index (χ1) is 17.7. The molecule has 2 nitrogen and oxygen atoms in total. The minimum atomic E-state index is -0.780. The zero-order valence-electron chi connectivity index (χ0n) is 23.2. The lowest BCUT2D eigenvalue weighted by atomic mass is 9.97. The third kappa shape index (κ3) is 13.9. The van der Waals surface area contributed by atoms with Gasteiger partial charge < -0.3 is 10.6 Å². The lowest BCUT2D eigenvalue weighted by Crippen LogP contribution is -2.30. The van der Waals surface area contributed by atoms with Crippen LogP contribution in [0.1, 0.15) is 117 Å². The lowest BCUT2D eigenvalue weighted by Gasteiger charge is -2.24. The highest BCUT2D eigenvalue weighted by Crippen LogP contribution is 2.22. The second kappa shape index (κ2) is 20.1. The molecule has 0 heterocycles. The third-order valence-electron chi connectivity index (χ3n) is 7.26. The maximum atomic E-state index is 15.2. The molecule has 0 amide bonds. The predicted molar refractivity (Wildman–Crippen MR) is 158 cm³/mol. The van der Waals surface area contributed by atoms with Gasteiger partial charge >= 0.3 is 0 Å². The Labute approximate surface area is 221 Å². The maximum Gasteiger partial charge on any atom is 0.120 e. The first-order valence-electron chi connectivity index (χ1n) is 15.0. The monoisotopic (exact) mass is 496 g/mol. The molecule has 0 aliphatic carbocycles. The van der Waals surface area contributed by atoms with Gasteiger partial charge in [0.15, 0.2) is 0 Å². The SMILES string of the molecule is CCCCCCCC(CCCCCC(Nc1ccccc1)C(F)CCCCCC)Nc1ccccc1. The van der Waals surface area contributed by atoms with E-state index in [1.54, 1.807) is 0 Å². The van der Waals surface area contributed by atoms with Crippen LogP contribution in [0.3, 0.4) is 0 Å². The molecule has 2 aromatic carbocycles. The standard InChI is InChI=1S/C33H53FN2/c1-3-5-7-9-13-21-29(35-30-22-14-10-15-23-30)24-18-12-20-28-33(32(34)27-19-8-6-4-2)36-31-25-16-11-17-26-31/h10-11,14-17,22-23,25-26,29,32-33,35-36H,3-9,12-13,18-21,24,27-28H2,1-2H3. The second-order valence-electron chi connectivity index (χ2n) is 10.5. The molecule has 0 aliphatic heterocycles. The van der Waals surface area contributed by atoms with Crippen molar-refractivity contribution < 1.29 is 4.39 Å². The Morgan fingerprint density at radius 3 is 1.56 bits per heavy atom. The summed E-state index contributed by atoms with van der Waals surface area (Å²) in [5, 5.41) is 7.29. The highest BCUT2D eigenvalue weighted by molar-refractivity contribution is 5.44. The van der Waals surface area contributed by atoms with Crippen LogP contribution in [0.15, 0.2) is 60.7 Å². The Bertz CT molecular complexity index is 736. The summed E-state index contributed by atoms with van der Waals surface area (Å²) in [5.41, 5.74) is 2.26. The summed E-state index contributed by atoms with van der Waals surface area (Å²) in [6.07, 6.45) is 17.8. The van der Waals surface area contributed by atoms with Crippen molar-refractivity contribution in [2.75, 3.05) is 10.6 Å². The number of anilines is 2. The molecule has 0 saturated carbocycles. The van der Waals surface area contributed by atoms with E-state index >= 15 is 4.39 Å². The number of hydrogen-bond acceptors (Lipinski definition) is 2. The van der Waals surface area contributed by atoms with Crippen molar-refractivity contribution in [1.82, 2.24) is 0 Å². The minimum Gasteiger partial charge on any atom is -0.382 e. The zero-order chi connectivity index (χ0) is 25.7. The van der Waals surface area contributed by atoms with Crippen molar-refractivity contribution in [2.45, 2.75) is 135 Å². The summed E-state index contributed by atoms with van der Waals surface area (Å²) >= 11 is 0. The van der Waals surface area contributed by atoms with Crippen molar-refractivity contribution >= 4 is 11.4 Å². The molecule has 0 saturated heterocycles. The summed E-state index contributed by atoms with van der Waals surface area (Å²) in [4.78, 5) is 0. The van der Waals surface area contributed by atoms with E-state index in [-0.39, 0.29) is 6.04 Å². The summed E-state index contributed by atoms with van der Waals surface area (Å²) in [6.45, 7) is 4.48. The number of nitrogens with one attached hydrogen (secondary N) is 2. The number of hydrogen-bond donors (Lipinski definition) is 2. The number of alkyl halides is 1. The molecule has 0 radical (unpaired) electrons. The molecule has 0 spiro atoms. The van der Waals surface area contributed by atoms with Gasteiger partial charge in [-0.3, -0.25) is 0 Å². The van der Waals surface area contributed by atoms with Crippen LogP contribution in [0.2, 0.25) is 0 Å². The fourth-order valence-electron chi connectivity index (χ4n) is 5.04. The molecule has 0 aliphatic rings. The van der Waals surface area contributed by atoms with Crippen LogP contribution in [0.5, 0.6) is 0 Å². The average molecular weight is 497 g/mol. The zero-order valence-corrected chi connectivity index (χ0v) is 23.2. The third-order valence-corrected chi connectivity index (χ3v) is 7.26. The van der Waals surface area contributed by atoms with Crippen molar-refractivity contribution in [3.63, 3.8) is 0 Å². The maximum absolute atomic E-state index is 15.2. The lowest BCUT2D eigenvalue weighted by molar-refractivity contribution is 0.258. The van der Waals surface area contributed by atoms with Crippen molar-refractivity contribution in [1.29, 1.82) is 0 Å². The van der Waals surface area contributed by atoms with E-state index in [1.807, 2.05) is 18.2 Å². The molecule has 3 heteroatoms. The molecule has 36 heavy (non-hydrogen) atoms. The van der Waals surface area contributed by atoms with Gasteiger partial charge in [0.2, 0.25) is 0 Å². The van der Waals surface area contributed by atoms with Crippen LogP contribution >= 0.6 is 0 Å². The Kier molecular flexibility index (Phi) is 16.8. The fourth-order valence-corrected chi connectivity index (χ4v) is 5.04. The molecule has 0 bridgehead atoms. The second-order valence-corrected chi connectivity index (χ2v) is 10.5. The highest BCUT2D eigenvalue weighted by Gasteiger charge is 2.20. The molecule has 2 N–H and O–H groups in total. The number of para-hydroxylation sites is 2. The van der Waals surface area contributed by atoms with Gasteiger partial charge in [0.1, 0.15) is 6.17 Å². The predicted octanol–water partition coefficient (Wildman–Crippen LogP) is 10.6. The van der Waals surface area contributed by atoms with Crippen molar-refractivity contribution in [2.24, 2.45) is 0 Å². The van der Waals surface area contributed by atoms with E-state index in [2.05, 4.69) is 66.9 Å². The van der Waals surface area contributed by atoms with Gasteiger partial charge in [-0.15, -0.1) is 0 Å². The molecular formula is C33H53FN2. The van der Waals surface area contributed by atoms with Gasteiger partial charge in [0.25, 0.3) is 0 Å². The quantitative estimate of drug-likeness (QED) is 0.158. The summed E-state index contributed by atoms with van der Waals surface area (Å²) in [6, 6.07) is 21.2. The van der Waals surface area contributed by atoms with E-state index in [0.29, 0.717) is 12.5 Å². The molecule has 2 aromatic rings. The van der Waals surface area contributed by atoms with Crippen LogP contribution in [-0.2, 0) is 0 Å². The van der Waals surface area contributed by atoms with Gasteiger partial charge in [-0.2, -0.15) is 0 Å². The number of benzene rings is 2. The summed E-state index contributed by atoms with van der Waals surface area (Å²) in [5.74, 6) is 0. The number of unbranched alkanes of at least 4 members (excludes halogenated alkanes) is 9. The Hall–Kier alpha value is -2.03. The topological polar surface area (TPSA) is 24.1 Å². The smallest absolute Gasteiger partial charge is 0.120 e. The first kappa shape index (κ1) is 30.2. The van der Waals surface area contributed by atoms with E-state index in [0.717, 1.165) is 31.4 Å². The van der Waals surface area contributed by atoms with E-state index in [9.17, 15) is 0 Å². The van der Waals surface area contributed by atoms with Crippen LogP contribution in [0, 0.1) is 0 Å². The molecular weight excluding hydrogens is 443 g/mol. The van der Waals surface area contributed by atoms with Crippen molar-refractivity contribution in [3.05, 3.63) is 60.7 Å². The molecule has 0 aromatic heterocycles. The Morgan fingerprint density at radius 1 is 0.528 bits per heavy atom. The largest absolute Gasteiger partial charge is 0.382 e. The van der Waals surface area contributed by atoms with Crippen LogP contribution in [0.25, 0.3) is 0 Å². The Balaban J connectivity index is 1.79. The minimum absolute atomic E-state index is 0.0918. The molecule has 3 unspecified atom stereocenters. The first-order valence-corrected chi connectivity index (χ1v) is 15.0. The van der Waals surface area contributed by atoms with Crippen LogP contribution < -0.4 is 10.6 Å². The summed E-state index contributed by atoms with van der Waals surface area (Å²) < 4.78 is 15.2. The van der Waals surface area contributed by atoms with Gasteiger partial charge in [-0.25, -0.2) is 4.39 Å². The number of halogens is 1. The molecule has 3 atom stereocenters. The van der Waals surface area contributed by atoms with Crippen LogP contribution in [-0.4, -0.2) is 18.3 Å². The van der Waals surface area contributed by atoms with Gasteiger partial charge in [0, 0.05) is 17.4 Å². The van der Waals surface area contributed by atoms with Crippen LogP contribution in [0.4, 0.5) is 15.8 Å². The van der Waals surface area contributed by atoms with E-state index in [1.165, 1.54) is 76.3 Å². The average Bonchev–Trinajstić information content (AvgIpc) is 2.91. The van der Waals surface area contributed by atoms with Gasteiger partial charge in [-0.05, 0) is 49.9 Å². The van der Waals surface area contributed by atoms with Gasteiger partial charge in [0.05, 0.1) is 6.04 Å². The fraction of sp³-hybridized carbons (Fsp3) is 0.636. The van der Waals surface area contributed by atoms with E-state index < -0.39 is 6.17 Å². The molecule has 202 valence electrons. The normalized spacial score (nSPS) is 13.8. The van der Waals surface area contributed by atoms with E-state index in [4.69, 9.17) is 0 Å². The summed E-state index contributed by atoms with van der Waals surface area (Å²) in [7, 11) is 0. The van der Waals surface area contributed by atoms with Crippen molar-refractivity contribution in [3.8, 4) is 0 Å². The highest BCUT2D eigenvalue weighted by atomic mass is 19.1. The molecule has 2 rings (SSSR count). The van der Waals surface area contributed by atoms with Gasteiger partial charge in [-0.1, -0.05) is 127 Å². The Morgan fingerprint density at radius 2 is 0.972 bits per heavy atom.